The van der Waals surface area contributed by atoms with Crippen LogP contribution >= 0.6 is 0 Å². The van der Waals surface area contributed by atoms with Crippen molar-refractivity contribution >= 4 is 0 Å². The molecule has 0 saturated heterocycles. The molecule has 2 unspecified atom stereocenters. The average Bonchev–Trinajstić information content (AvgIpc) is 2.15. The third-order valence-electron chi connectivity index (χ3n) is 4.23. The van der Waals surface area contributed by atoms with E-state index in [4.69, 9.17) is 0 Å². The molecule has 0 N–H and O–H groups in total. The second-order valence-electron chi connectivity index (χ2n) is 6.07. The van der Waals surface area contributed by atoms with Crippen molar-refractivity contribution in [3.8, 4) is 0 Å². The molecule has 0 aliphatic heterocycles. The van der Waals surface area contributed by atoms with Gasteiger partial charge in [-0.05, 0) is 42.4 Å². The first-order valence-electron chi connectivity index (χ1n) is 6.19. The Labute approximate surface area is 95.5 Å². The maximum atomic E-state index is 3.98. The maximum Gasteiger partial charge on any atom is -0.0198 e. The molecule has 1 aliphatic rings. The molecule has 0 heterocycles. The van der Waals surface area contributed by atoms with E-state index in [2.05, 4.69) is 46.1 Å². The van der Waals surface area contributed by atoms with Crippen LogP contribution in [0.3, 0.4) is 0 Å². The van der Waals surface area contributed by atoms with Crippen LogP contribution in [0.25, 0.3) is 0 Å². The predicted octanol–water partition coefficient (Wildman–Crippen LogP) is 4.97. The van der Waals surface area contributed by atoms with Crippen LogP contribution in [0.1, 0.15) is 52.9 Å². The predicted molar refractivity (Wildman–Crippen MR) is 68.9 cm³/mol. The molecule has 0 radical (unpaired) electrons. The first kappa shape index (κ1) is 12.5. The molecule has 2 atom stereocenters. The van der Waals surface area contributed by atoms with Crippen molar-refractivity contribution in [3.05, 3.63) is 25.3 Å². The van der Waals surface area contributed by atoms with E-state index in [9.17, 15) is 0 Å². The van der Waals surface area contributed by atoms with Crippen LogP contribution in [0, 0.1) is 16.7 Å². The fourth-order valence-electron chi connectivity index (χ4n) is 3.34. The highest BCUT2D eigenvalue weighted by molar-refractivity contribution is 5.01. The molecule has 0 nitrogen and oxygen atoms in total. The Morgan fingerprint density at radius 1 is 1.27 bits per heavy atom. The van der Waals surface area contributed by atoms with Crippen LogP contribution in [0.5, 0.6) is 0 Å². The Morgan fingerprint density at radius 2 is 1.93 bits per heavy atom. The normalized spacial score (nSPS) is 31.9. The number of rotatable bonds is 4. The zero-order chi connectivity index (χ0) is 11.5. The first-order valence-corrected chi connectivity index (χ1v) is 6.19. The van der Waals surface area contributed by atoms with E-state index >= 15 is 0 Å². The number of allylic oxidation sites excluding steroid dienone is 2. The fraction of sp³-hybridized carbons (Fsp3) is 0.733. The van der Waals surface area contributed by atoms with Crippen molar-refractivity contribution in [1.82, 2.24) is 0 Å². The van der Waals surface area contributed by atoms with Crippen LogP contribution in [-0.2, 0) is 0 Å². The summed E-state index contributed by atoms with van der Waals surface area (Å²) in [6, 6.07) is 0. The molecule has 0 aromatic rings. The summed E-state index contributed by atoms with van der Waals surface area (Å²) in [5, 5.41) is 0. The summed E-state index contributed by atoms with van der Waals surface area (Å²) in [4.78, 5) is 0. The lowest BCUT2D eigenvalue weighted by Gasteiger charge is -2.47. The van der Waals surface area contributed by atoms with Crippen LogP contribution in [-0.4, -0.2) is 0 Å². The Bertz CT molecular complexity index is 236. The van der Waals surface area contributed by atoms with E-state index in [1.807, 2.05) is 0 Å². The molecule has 1 fully saturated rings. The Hall–Kier alpha value is -0.520. The van der Waals surface area contributed by atoms with E-state index < -0.39 is 0 Å². The molecule has 15 heavy (non-hydrogen) atoms. The van der Waals surface area contributed by atoms with Gasteiger partial charge in [-0.2, -0.15) is 0 Å². The summed E-state index contributed by atoms with van der Waals surface area (Å²) >= 11 is 0. The third-order valence-corrected chi connectivity index (χ3v) is 4.23. The van der Waals surface area contributed by atoms with Gasteiger partial charge in [0, 0.05) is 0 Å². The maximum absolute atomic E-state index is 3.98. The fourth-order valence-corrected chi connectivity index (χ4v) is 3.34. The number of hydrogen-bond donors (Lipinski definition) is 0. The summed E-state index contributed by atoms with van der Waals surface area (Å²) in [5.41, 5.74) is 0.934. The van der Waals surface area contributed by atoms with E-state index in [0.29, 0.717) is 16.7 Å². The first-order chi connectivity index (χ1) is 6.96. The molecule has 0 aromatic carbocycles. The quantitative estimate of drug-likeness (QED) is 0.570. The van der Waals surface area contributed by atoms with Crippen molar-refractivity contribution in [3.63, 3.8) is 0 Å². The topological polar surface area (TPSA) is 0 Å². The number of hydrogen-bond acceptors (Lipinski definition) is 0. The van der Waals surface area contributed by atoms with Crippen LogP contribution in [0.15, 0.2) is 25.3 Å². The van der Waals surface area contributed by atoms with E-state index in [1.54, 1.807) is 0 Å². The van der Waals surface area contributed by atoms with Gasteiger partial charge in [0.1, 0.15) is 0 Å². The van der Waals surface area contributed by atoms with Gasteiger partial charge >= 0.3 is 0 Å². The third kappa shape index (κ3) is 2.74. The highest BCUT2D eigenvalue weighted by Gasteiger charge is 2.41. The Morgan fingerprint density at radius 3 is 2.40 bits per heavy atom. The van der Waals surface area contributed by atoms with Crippen molar-refractivity contribution in [2.24, 2.45) is 16.7 Å². The van der Waals surface area contributed by atoms with Gasteiger partial charge < -0.3 is 0 Å². The molecule has 86 valence electrons. The summed E-state index contributed by atoms with van der Waals surface area (Å²) in [5.74, 6) is 0.607. The lowest BCUT2D eigenvalue weighted by molar-refractivity contribution is 0.0531. The van der Waals surface area contributed by atoms with Crippen molar-refractivity contribution in [1.29, 1.82) is 0 Å². The molecule has 0 heteroatoms. The molecular weight excluding hydrogens is 180 g/mol. The van der Waals surface area contributed by atoms with E-state index in [1.165, 1.54) is 25.7 Å². The molecular formula is C15H26. The second-order valence-corrected chi connectivity index (χ2v) is 6.07. The highest BCUT2D eigenvalue weighted by atomic mass is 14.5. The summed E-state index contributed by atoms with van der Waals surface area (Å²) in [6.07, 6.45) is 10.8. The van der Waals surface area contributed by atoms with Gasteiger partial charge in [-0.1, -0.05) is 39.3 Å². The van der Waals surface area contributed by atoms with Crippen LogP contribution < -0.4 is 0 Å². The molecule has 0 aromatic heterocycles. The molecule has 1 rings (SSSR count). The van der Waals surface area contributed by atoms with Crippen molar-refractivity contribution in [2.75, 3.05) is 0 Å². The molecule has 1 saturated carbocycles. The van der Waals surface area contributed by atoms with Gasteiger partial charge in [-0.25, -0.2) is 0 Å². The van der Waals surface area contributed by atoms with Gasteiger partial charge in [0.2, 0.25) is 0 Å². The van der Waals surface area contributed by atoms with E-state index in [0.717, 1.165) is 6.42 Å². The Kier molecular flexibility index (Phi) is 3.81. The molecule has 1 aliphatic carbocycles. The van der Waals surface area contributed by atoms with Crippen LogP contribution in [0.4, 0.5) is 0 Å². The molecule has 0 bridgehead atoms. The SMILES string of the molecule is C=CCC1(C(C)C=C)CCCC(C)(C)C1. The molecule has 0 amide bonds. The minimum atomic E-state index is 0.436. The minimum Gasteiger partial charge on any atom is -0.103 e. The summed E-state index contributed by atoms with van der Waals surface area (Å²) in [6.45, 7) is 15.0. The summed E-state index contributed by atoms with van der Waals surface area (Å²) < 4.78 is 0. The standard InChI is InChI=1S/C15H26/c1-6-9-15(13(3)7-2)11-8-10-14(4,5)12-15/h6-7,13H,1-2,8-12H2,3-5H3. The highest BCUT2D eigenvalue weighted by Crippen LogP contribution is 2.52. The van der Waals surface area contributed by atoms with Crippen molar-refractivity contribution in [2.45, 2.75) is 52.9 Å². The lowest BCUT2D eigenvalue weighted by Crippen LogP contribution is -2.37. The minimum absolute atomic E-state index is 0.436. The van der Waals surface area contributed by atoms with Gasteiger partial charge in [-0.15, -0.1) is 13.2 Å². The van der Waals surface area contributed by atoms with E-state index in [-0.39, 0.29) is 0 Å². The lowest BCUT2D eigenvalue weighted by atomic mass is 9.57. The van der Waals surface area contributed by atoms with Gasteiger partial charge in [0.15, 0.2) is 0 Å². The van der Waals surface area contributed by atoms with Gasteiger partial charge in [-0.3, -0.25) is 0 Å². The second kappa shape index (κ2) is 4.55. The zero-order valence-electron chi connectivity index (χ0n) is 10.7. The Balaban J connectivity index is 2.89. The van der Waals surface area contributed by atoms with Crippen LogP contribution in [0.2, 0.25) is 0 Å². The largest absolute Gasteiger partial charge is 0.103 e. The monoisotopic (exact) mass is 206 g/mol. The molecule has 0 spiro atoms. The van der Waals surface area contributed by atoms with Crippen molar-refractivity contribution < 1.29 is 0 Å². The average molecular weight is 206 g/mol. The van der Waals surface area contributed by atoms with Gasteiger partial charge in [0.25, 0.3) is 0 Å². The summed E-state index contributed by atoms with van der Waals surface area (Å²) in [7, 11) is 0. The zero-order valence-corrected chi connectivity index (χ0v) is 10.7. The van der Waals surface area contributed by atoms with Gasteiger partial charge in [0.05, 0.1) is 0 Å². The smallest absolute Gasteiger partial charge is 0.0198 e.